The predicted molar refractivity (Wildman–Crippen MR) is 30.4 cm³/mol. The van der Waals surface area contributed by atoms with E-state index in [1.54, 1.807) is 0 Å². The van der Waals surface area contributed by atoms with Crippen LogP contribution < -0.4 is 0 Å². The zero-order valence-electron chi connectivity index (χ0n) is 4.84. The molecule has 1 atom stereocenters. The van der Waals surface area contributed by atoms with Crippen LogP contribution in [0.15, 0.2) is 16.6 Å². The quantitative estimate of drug-likeness (QED) is 0.363. The number of nitrogens with zero attached hydrogens (tertiary/aromatic N) is 2. The molecular weight excluding hydrogens is 140 g/mol. The number of hydrogen-bond acceptors (Lipinski definition) is 6. The molecular formula is C4H6N2O4. The van der Waals surface area contributed by atoms with Gasteiger partial charge in [-0.05, 0) is 0 Å². The largest absolute Gasteiger partial charge is 0.504 e. The highest BCUT2D eigenvalue weighted by Gasteiger charge is 2.23. The molecule has 1 heterocycles. The maximum Gasteiger partial charge on any atom is 0.256 e. The van der Waals surface area contributed by atoms with Crippen molar-refractivity contribution in [2.75, 3.05) is 0 Å². The van der Waals surface area contributed by atoms with Crippen molar-refractivity contribution in [2.45, 2.75) is 6.23 Å². The fourth-order valence-corrected chi connectivity index (χ4v) is 0.484. The van der Waals surface area contributed by atoms with Gasteiger partial charge >= 0.3 is 0 Å². The molecule has 0 bridgehead atoms. The Bertz CT molecular complexity index is 199. The van der Waals surface area contributed by atoms with Gasteiger partial charge in [-0.3, -0.25) is 5.21 Å². The van der Waals surface area contributed by atoms with E-state index < -0.39 is 17.9 Å². The van der Waals surface area contributed by atoms with Crippen molar-refractivity contribution in [3.8, 4) is 0 Å². The van der Waals surface area contributed by atoms with Crippen LogP contribution >= 0.6 is 0 Å². The van der Waals surface area contributed by atoms with Crippen LogP contribution in [0.4, 0.5) is 0 Å². The highest BCUT2D eigenvalue weighted by Crippen LogP contribution is 2.10. The van der Waals surface area contributed by atoms with Gasteiger partial charge in [0.15, 0.2) is 0 Å². The van der Waals surface area contributed by atoms with Gasteiger partial charge in [0.1, 0.15) is 6.34 Å². The summed E-state index contributed by atoms with van der Waals surface area (Å²) in [5.41, 5.74) is 0. The first-order valence-electron chi connectivity index (χ1n) is 2.44. The van der Waals surface area contributed by atoms with E-state index >= 15 is 0 Å². The van der Waals surface area contributed by atoms with Crippen molar-refractivity contribution < 1.29 is 20.5 Å². The zero-order valence-corrected chi connectivity index (χ0v) is 4.84. The molecule has 1 unspecified atom stereocenters. The van der Waals surface area contributed by atoms with E-state index in [0.717, 1.165) is 6.34 Å². The summed E-state index contributed by atoms with van der Waals surface area (Å²) in [7, 11) is 0. The van der Waals surface area contributed by atoms with Crippen LogP contribution in [0.3, 0.4) is 0 Å². The molecule has 0 aromatic heterocycles. The molecule has 0 aromatic rings. The van der Waals surface area contributed by atoms with Crippen LogP contribution in [-0.2, 0) is 0 Å². The lowest BCUT2D eigenvalue weighted by molar-refractivity contribution is -0.133. The minimum absolute atomic E-state index is 0.259. The number of aliphatic hydroxyl groups is 3. The van der Waals surface area contributed by atoms with E-state index in [9.17, 15) is 0 Å². The minimum atomic E-state index is -1.63. The molecule has 0 aliphatic carbocycles. The first-order chi connectivity index (χ1) is 4.63. The van der Waals surface area contributed by atoms with Crippen LogP contribution in [0, 0.1) is 0 Å². The van der Waals surface area contributed by atoms with Gasteiger partial charge in [0.2, 0.25) is 12.0 Å². The lowest BCUT2D eigenvalue weighted by atomic mass is 10.4. The summed E-state index contributed by atoms with van der Waals surface area (Å²) < 4.78 is 0. The van der Waals surface area contributed by atoms with Gasteiger partial charge in [-0.2, -0.15) is 4.99 Å². The molecule has 0 aromatic carbocycles. The summed E-state index contributed by atoms with van der Waals surface area (Å²) in [6.07, 6.45) is -0.850. The topological polar surface area (TPSA) is 96.5 Å². The smallest absolute Gasteiger partial charge is 0.256 e. The second-order valence-electron chi connectivity index (χ2n) is 1.71. The van der Waals surface area contributed by atoms with Crippen molar-refractivity contribution in [3.63, 3.8) is 0 Å². The van der Waals surface area contributed by atoms with Gasteiger partial charge < -0.3 is 15.3 Å². The third-order valence-electron chi connectivity index (χ3n) is 1.02. The first-order valence-corrected chi connectivity index (χ1v) is 2.44. The molecule has 0 saturated carbocycles. The summed E-state index contributed by atoms with van der Waals surface area (Å²) in [6, 6.07) is 0. The van der Waals surface area contributed by atoms with Gasteiger partial charge in [0, 0.05) is 0 Å². The van der Waals surface area contributed by atoms with Crippen LogP contribution in [0.25, 0.3) is 0 Å². The van der Waals surface area contributed by atoms with Gasteiger partial charge in [0.25, 0.3) is 5.88 Å². The Labute approximate surface area is 55.9 Å². The third kappa shape index (κ3) is 0.893. The average Bonchev–Trinajstić information content (AvgIpc) is 1.93. The van der Waals surface area contributed by atoms with Crippen molar-refractivity contribution in [1.82, 2.24) is 5.06 Å². The summed E-state index contributed by atoms with van der Waals surface area (Å²) >= 11 is 0. The lowest BCUT2D eigenvalue weighted by Crippen LogP contribution is -2.35. The fourth-order valence-electron chi connectivity index (χ4n) is 0.484. The average molecular weight is 146 g/mol. The van der Waals surface area contributed by atoms with Gasteiger partial charge in [0.05, 0.1) is 0 Å². The Morgan fingerprint density at radius 2 is 2.10 bits per heavy atom. The molecule has 10 heavy (non-hydrogen) atoms. The number of hydrogen-bond donors (Lipinski definition) is 4. The second kappa shape index (κ2) is 2.16. The van der Waals surface area contributed by atoms with Crippen LogP contribution in [0.5, 0.6) is 0 Å². The number of rotatable bonds is 0. The Hall–Kier alpha value is -1.27. The molecule has 6 heteroatoms. The molecule has 56 valence electrons. The third-order valence-corrected chi connectivity index (χ3v) is 1.02. The molecule has 0 fully saturated rings. The molecule has 1 aliphatic rings. The Kier molecular flexibility index (Phi) is 1.48. The molecule has 1 rings (SSSR count). The maximum atomic E-state index is 8.73. The SMILES string of the molecule is OC1=C(O)C(O)N(O)C=N1. The van der Waals surface area contributed by atoms with E-state index in [1.807, 2.05) is 0 Å². The lowest BCUT2D eigenvalue weighted by Gasteiger charge is -2.20. The summed E-state index contributed by atoms with van der Waals surface area (Å²) in [4.78, 5) is 3.12. The standard InChI is InChI=1S/C4H6N2O4/c7-2-3(8)5-1-6(10)4(2)9/h1,4,7-10H. The molecule has 0 spiro atoms. The highest BCUT2D eigenvalue weighted by molar-refractivity contribution is 5.57. The van der Waals surface area contributed by atoms with Gasteiger partial charge in [-0.1, -0.05) is 0 Å². The van der Waals surface area contributed by atoms with Crippen molar-refractivity contribution in [1.29, 1.82) is 0 Å². The second-order valence-corrected chi connectivity index (χ2v) is 1.71. The molecule has 0 radical (unpaired) electrons. The molecule has 1 aliphatic heterocycles. The molecule has 0 amide bonds. The van der Waals surface area contributed by atoms with Crippen molar-refractivity contribution in [2.24, 2.45) is 4.99 Å². The van der Waals surface area contributed by atoms with E-state index in [4.69, 9.17) is 20.5 Å². The Balaban J connectivity index is 2.88. The van der Waals surface area contributed by atoms with E-state index in [0.29, 0.717) is 0 Å². The minimum Gasteiger partial charge on any atom is -0.504 e. The Morgan fingerprint density at radius 3 is 2.60 bits per heavy atom. The van der Waals surface area contributed by atoms with Crippen LogP contribution in [-0.4, -0.2) is 38.2 Å². The summed E-state index contributed by atoms with van der Waals surface area (Å²) in [5.74, 6) is -1.47. The molecule has 0 saturated heterocycles. The molecule has 4 N–H and O–H groups in total. The monoisotopic (exact) mass is 146 g/mol. The predicted octanol–water partition coefficient (Wildman–Crippen LogP) is -0.677. The number of hydroxylamine groups is 2. The van der Waals surface area contributed by atoms with Crippen molar-refractivity contribution >= 4 is 6.34 Å². The molecule has 6 nitrogen and oxygen atoms in total. The Morgan fingerprint density at radius 1 is 1.50 bits per heavy atom. The summed E-state index contributed by atoms with van der Waals surface area (Å²) in [5, 5.41) is 34.9. The first kappa shape index (κ1) is 6.84. The number of aliphatic imine (C=N–C) groups is 1. The number of aliphatic hydroxyl groups excluding tert-OH is 3. The normalized spacial score (nSPS) is 25.8. The van der Waals surface area contributed by atoms with Gasteiger partial charge in [-0.15, -0.1) is 0 Å². The van der Waals surface area contributed by atoms with Crippen LogP contribution in [0.2, 0.25) is 0 Å². The maximum absolute atomic E-state index is 8.73. The highest BCUT2D eigenvalue weighted by atomic mass is 16.5. The van der Waals surface area contributed by atoms with E-state index in [1.165, 1.54) is 0 Å². The van der Waals surface area contributed by atoms with Crippen LogP contribution in [0.1, 0.15) is 0 Å². The van der Waals surface area contributed by atoms with E-state index in [-0.39, 0.29) is 5.06 Å². The summed E-state index contributed by atoms with van der Waals surface area (Å²) in [6.45, 7) is 0. The zero-order chi connectivity index (χ0) is 7.72. The van der Waals surface area contributed by atoms with E-state index in [2.05, 4.69) is 4.99 Å². The fraction of sp³-hybridized carbons (Fsp3) is 0.250. The van der Waals surface area contributed by atoms with Crippen molar-refractivity contribution in [3.05, 3.63) is 11.6 Å². The van der Waals surface area contributed by atoms with Gasteiger partial charge in [-0.25, -0.2) is 5.06 Å².